The third-order valence-electron chi connectivity index (χ3n) is 4.58. The van der Waals surface area contributed by atoms with E-state index >= 15 is 0 Å². The number of carbonyl (C=O) groups is 2. The third-order valence-corrected chi connectivity index (χ3v) is 4.58. The van der Waals surface area contributed by atoms with Gasteiger partial charge in [-0.15, -0.1) is 0 Å². The monoisotopic (exact) mass is 350 g/mol. The van der Waals surface area contributed by atoms with Crippen LogP contribution in [0.4, 0.5) is 5.69 Å². The maximum Gasteiger partial charge on any atom is 0.296 e. The molecule has 0 radical (unpaired) electrons. The number of rotatable bonds is 6. The molecule has 1 heterocycles. The lowest BCUT2D eigenvalue weighted by Crippen LogP contribution is -2.24. The Bertz CT molecular complexity index is 950. The van der Waals surface area contributed by atoms with Crippen molar-refractivity contribution in [1.82, 2.24) is 4.98 Å². The van der Waals surface area contributed by atoms with Crippen LogP contribution in [-0.2, 0) is 17.6 Å². The van der Waals surface area contributed by atoms with Gasteiger partial charge in [-0.1, -0.05) is 32.0 Å². The van der Waals surface area contributed by atoms with Gasteiger partial charge < -0.3 is 15.0 Å². The largest absolute Gasteiger partial charge is 0.497 e. The molecule has 0 fully saturated rings. The van der Waals surface area contributed by atoms with E-state index in [4.69, 9.17) is 4.74 Å². The number of anilines is 1. The van der Waals surface area contributed by atoms with Gasteiger partial charge in [-0.2, -0.15) is 0 Å². The summed E-state index contributed by atoms with van der Waals surface area (Å²) >= 11 is 0. The summed E-state index contributed by atoms with van der Waals surface area (Å²) in [4.78, 5) is 28.4. The molecular weight excluding hydrogens is 328 g/mol. The molecule has 0 saturated heterocycles. The number of carbonyl (C=O) groups excluding carboxylic acids is 2. The molecule has 0 unspecified atom stereocenters. The van der Waals surface area contributed by atoms with Crippen LogP contribution in [0.5, 0.6) is 5.75 Å². The van der Waals surface area contributed by atoms with E-state index in [2.05, 4.69) is 10.3 Å². The van der Waals surface area contributed by atoms with Gasteiger partial charge >= 0.3 is 0 Å². The summed E-state index contributed by atoms with van der Waals surface area (Å²) in [5, 5.41) is 3.50. The summed E-state index contributed by atoms with van der Waals surface area (Å²) < 4.78 is 5.22. The topological polar surface area (TPSA) is 71.2 Å². The number of aromatic nitrogens is 1. The Hall–Kier alpha value is -3.08. The predicted molar refractivity (Wildman–Crippen MR) is 103 cm³/mol. The van der Waals surface area contributed by atoms with Crippen LogP contribution >= 0.6 is 0 Å². The van der Waals surface area contributed by atoms with Crippen LogP contribution in [0.25, 0.3) is 10.9 Å². The Morgan fingerprint density at radius 1 is 1.08 bits per heavy atom. The van der Waals surface area contributed by atoms with Crippen LogP contribution in [0.2, 0.25) is 0 Å². The molecule has 0 spiro atoms. The Balaban J connectivity index is 1.93. The quantitative estimate of drug-likeness (QED) is 0.519. The van der Waals surface area contributed by atoms with Gasteiger partial charge in [0.15, 0.2) is 0 Å². The predicted octanol–water partition coefficient (Wildman–Crippen LogP) is 4.12. The highest BCUT2D eigenvalue weighted by atomic mass is 16.5. The van der Waals surface area contributed by atoms with E-state index in [-0.39, 0.29) is 0 Å². The van der Waals surface area contributed by atoms with Gasteiger partial charge in [0.2, 0.25) is 0 Å². The summed E-state index contributed by atoms with van der Waals surface area (Å²) in [6.45, 7) is 4.05. The maximum absolute atomic E-state index is 12.8. The number of benzene rings is 2. The van der Waals surface area contributed by atoms with E-state index in [1.54, 1.807) is 25.4 Å². The van der Waals surface area contributed by atoms with E-state index < -0.39 is 11.7 Å². The number of fused-ring (bicyclic) bond motifs is 1. The van der Waals surface area contributed by atoms with Crippen molar-refractivity contribution in [3.63, 3.8) is 0 Å². The molecule has 0 aliphatic heterocycles. The number of aromatic amines is 1. The number of Topliss-reactive ketones (excluding diaryl/α,β-unsaturated/α-hetero) is 1. The molecule has 0 atom stereocenters. The molecule has 134 valence electrons. The first kappa shape index (κ1) is 17.7. The van der Waals surface area contributed by atoms with Crippen LogP contribution in [0, 0.1) is 0 Å². The molecule has 0 aliphatic rings. The molecule has 26 heavy (non-hydrogen) atoms. The number of hydrogen-bond acceptors (Lipinski definition) is 3. The standard InChI is InChI=1S/C21H22N2O3/c1-4-13-7-6-8-14(5-2)19(13)23-21(25)20(24)17-12-22-18-10-9-15(26-3)11-16(17)18/h6-12,22H,4-5H2,1-3H3,(H,23,25). The summed E-state index contributed by atoms with van der Waals surface area (Å²) in [5.41, 5.74) is 3.90. The summed E-state index contributed by atoms with van der Waals surface area (Å²) in [7, 11) is 1.57. The highest BCUT2D eigenvalue weighted by molar-refractivity contribution is 6.48. The minimum Gasteiger partial charge on any atom is -0.497 e. The second-order valence-corrected chi connectivity index (χ2v) is 6.06. The van der Waals surface area contributed by atoms with E-state index in [1.807, 2.05) is 38.1 Å². The summed E-state index contributed by atoms with van der Waals surface area (Å²) in [6.07, 6.45) is 3.13. The highest BCUT2D eigenvalue weighted by Crippen LogP contribution is 2.26. The van der Waals surface area contributed by atoms with Crippen molar-refractivity contribution in [2.45, 2.75) is 26.7 Å². The smallest absolute Gasteiger partial charge is 0.296 e. The van der Waals surface area contributed by atoms with E-state index in [0.29, 0.717) is 16.7 Å². The minimum atomic E-state index is -0.635. The molecule has 0 aliphatic carbocycles. The first-order valence-corrected chi connectivity index (χ1v) is 8.70. The SMILES string of the molecule is CCc1cccc(CC)c1NC(=O)C(=O)c1c[nH]c2ccc(OC)cc12. The first-order chi connectivity index (χ1) is 12.6. The molecule has 5 heteroatoms. The van der Waals surface area contributed by atoms with Crippen LogP contribution < -0.4 is 10.1 Å². The van der Waals surface area contributed by atoms with E-state index in [1.165, 1.54) is 0 Å². The molecule has 3 aromatic rings. The van der Waals surface area contributed by atoms with Crippen molar-refractivity contribution in [3.05, 3.63) is 59.3 Å². The lowest BCUT2D eigenvalue weighted by atomic mass is 10.0. The number of aryl methyl sites for hydroxylation is 2. The van der Waals surface area contributed by atoms with Gasteiger partial charge in [-0.05, 0) is 42.2 Å². The second kappa shape index (κ2) is 7.44. The molecule has 1 amide bonds. The molecule has 5 nitrogen and oxygen atoms in total. The fourth-order valence-electron chi connectivity index (χ4n) is 3.11. The number of nitrogens with one attached hydrogen (secondary N) is 2. The lowest BCUT2D eigenvalue weighted by molar-refractivity contribution is -0.112. The molecule has 3 rings (SSSR count). The Kier molecular flexibility index (Phi) is 5.07. The average Bonchev–Trinajstić information content (AvgIpc) is 3.10. The molecule has 2 N–H and O–H groups in total. The van der Waals surface area contributed by atoms with Crippen molar-refractivity contribution < 1.29 is 14.3 Å². The number of H-pyrrole nitrogens is 1. The molecule has 1 aromatic heterocycles. The highest BCUT2D eigenvalue weighted by Gasteiger charge is 2.22. The van der Waals surface area contributed by atoms with Crippen molar-refractivity contribution in [2.75, 3.05) is 12.4 Å². The van der Waals surface area contributed by atoms with Crippen molar-refractivity contribution in [1.29, 1.82) is 0 Å². The van der Waals surface area contributed by atoms with Gasteiger partial charge in [0.05, 0.1) is 12.7 Å². The molecule has 0 saturated carbocycles. The van der Waals surface area contributed by atoms with Crippen molar-refractivity contribution >= 4 is 28.3 Å². The van der Waals surface area contributed by atoms with E-state index in [0.717, 1.165) is 35.2 Å². The van der Waals surface area contributed by atoms with Gasteiger partial charge in [0.1, 0.15) is 5.75 Å². The minimum absolute atomic E-state index is 0.337. The zero-order chi connectivity index (χ0) is 18.7. The fourth-order valence-corrected chi connectivity index (χ4v) is 3.11. The van der Waals surface area contributed by atoms with Crippen LogP contribution in [0.3, 0.4) is 0 Å². The van der Waals surface area contributed by atoms with Crippen molar-refractivity contribution in [2.24, 2.45) is 0 Å². The fraction of sp³-hybridized carbons (Fsp3) is 0.238. The molecular formula is C21H22N2O3. The zero-order valence-corrected chi connectivity index (χ0v) is 15.2. The average molecular weight is 350 g/mol. The van der Waals surface area contributed by atoms with Gasteiger partial charge in [-0.3, -0.25) is 9.59 Å². The zero-order valence-electron chi connectivity index (χ0n) is 15.2. The Morgan fingerprint density at radius 3 is 2.38 bits per heavy atom. The normalized spacial score (nSPS) is 10.7. The van der Waals surface area contributed by atoms with E-state index in [9.17, 15) is 9.59 Å². The number of ether oxygens (including phenoxy) is 1. The Morgan fingerprint density at radius 2 is 1.77 bits per heavy atom. The lowest BCUT2D eigenvalue weighted by Gasteiger charge is -2.13. The number of hydrogen-bond donors (Lipinski definition) is 2. The Labute approximate surface area is 152 Å². The molecule has 0 bridgehead atoms. The van der Waals surface area contributed by atoms with Gasteiger partial charge in [0.25, 0.3) is 11.7 Å². The van der Waals surface area contributed by atoms with Crippen LogP contribution in [-0.4, -0.2) is 23.8 Å². The van der Waals surface area contributed by atoms with Gasteiger partial charge in [0, 0.05) is 22.8 Å². The number of amides is 1. The molecule has 2 aromatic carbocycles. The maximum atomic E-state index is 12.8. The number of para-hydroxylation sites is 1. The number of methoxy groups -OCH3 is 1. The van der Waals surface area contributed by atoms with Crippen LogP contribution in [0.15, 0.2) is 42.6 Å². The summed E-state index contributed by atoms with van der Waals surface area (Å²) in [5.74, 6) is -0.571. The van der Waals surface area contributed by atoms with Crippen LogP contribution in [0.1, 0.15) is 35.3 Å². The second-order valence-electron chi connectivity index (χ2n) is 6.06. The van der Waals surface area contributed by atoms with Gasteiger partial charge in [-0.25, -0.2) is 0 Å². The third kappa shape index (κ3) is 3.20. The van der Waals surface area contributed by atoms with Crippen molar-refractivity contribution in [3.8, 4) is 5.75 Å². The summed E-state index contributed by atoms with van der Waals surface area (Å²) in [6, 6.07) is 11.3. The number of ketones is 1. The first-order valence-electron chi connectivity index (χ1n) is 8.70.